The Bertz CT molecular complexity index is 567. The van der Waals surface area contributed by atoms with Gasteiger partial charge in [0.25, 0.3) is 0 Å². The fourth-order valence-electron chi connectivity index (χ4n) is 3.24. The van der Waals surface area contributed by atoms with Gasteiger partial charge in [-0.1, -0.05) is 18.9 Å². The van der Waals surface area contributed by atoms with E-state index in [1.54, 1.807) is 12.5 Å². The fourth-order valence-corrected chi connectivity index (χ4v) is 3.24. The predicted molar refractivity (Wildman–Crippen MR) is 85.7 cm³/mol. The van der Waals surface area contributed by atoms with Crippen LogP contribution in [0.3, 0.4) is 0 Å². The highest BCUT2D eigenvalue weighted by atomic mass is 16.3. The second-order valence-corrected chi connectivity index (χ2v) is 6.30. The Morgan fingerprint density at radius 3 is 2.86 bits per heavy atom. The molecule has 2 heterocycles. The third-order valence-corrected chi connectivity index (χ3v) is 4.45. The molecule has 0 aliphatic heterocycles. The van der Waals surface area contributed by atoms with Gasteiger partial charge in [-0.15, -0.1) is 0 Å². The summed E-state index contributed by atoms with van der Waals surface area (Å²) in [4.78, 5) is 10.8. The summed E-state index contributed by atoms with van der Waals surface area (Å²) in [5.74, 6) is 1.29. The maximum atomic E-state index is 10.1. The lowest BCUT2D eigenvalue weighted by atomic mass is 9.86. The highest BCUT2D eigenvalue weighted by molar-refractivity contribution is 5.25. The second kappa shape index (κ2) is 7.03. The van der Waals surface area contributed by atoms with Crippen LogP contribution >= 0.6 is 0 Å². The molecule has 0 spiro atoms. The standard InChI is InChI=1S/C17H24N4O/c1-20(12-15-4-2-3-5-16(15)22)11-14-6-7-17(19-10-14)21-9-8-18-13-21/h6-10,13,15-16,22H,2-5,11-12H2,1H3. The molecule has 0 radical (unpaired) electrons. The average molecular weight is 300 g/mol. The van der Waals surface area contributed by atoms with E-state index < -0.39 is 0 Å². The van der Waals surface area contributed by atoms with Gasteiger partial charge in [-0.3, -0.25) is 4.57 Å². The van der Waals surface area contributed by atoms with E-state index in [2.05, 4.69) is 28.0 Å². The van der Waals surface area contributed by atoms with Crippen molar-refractivity contribution in [3.05, 3.63) is 42.6 Å². The Morgan fingerprint density at radius 1 is 1.32 bits per heavy atom. The van der Waals surface area contributed by atoms with Gasteiger partial charge in [0.2, 0.25) is 0 Å². The van der Waals surface area contributed by atoms with Crippen molar-refractivity contribution in [1.29, 1.82) is 0 Å². The molecule has 1 saturated carbocycles. The van der Waals surface area contributed by atoms with Crippen LogP contribution in [0.2, 0.25) is 0 Å². The van der Waals surface area contributed by atoms with E-state index in [0.717, 1.165) is 31.7 Å². The number of pyridine rings is 1. The van der Waals surface area contributed by atoms with Gasteiger partial charge in [-0.2, -0.15) is 0 Å². The van der Waals surface area contributed by atoms with Crippen molar-refractivity contribution in [2.45, 2.75) is 38.3 Å². The summed E-state index contributed by atoms with van der Waals surface area (Å²) >= 11 is 0. The third kappa shape index (κ3) is 3.72. The maximum absolute atomic E-state index is 10.1. The molecule has 118 valence electrons. The van der Waals surface area contributed by atoms with E-state index in [-0.39, 0.29) is 6.10 Å². The molecule has 0 amide bonds. The smallest absolute Gasteiger partial charge is 0.137 e. The van der Waals surface area contributed by atoms with Gasteiger partial charge in [-0.05, 0) is 37.4 Å². The van der Waals surface area contributed by atoms with Crippen molar-refractivity contribution < 1.29 is 5.11 Å². The molecule has 2 aromatic rings. The van der Waals surface area contributed by atoms with Crippen LogP contribution in [-0.4, -0.2) is 44.2 Å². The molecule has 1 fully saturated rings. The van der Waals surface area contributed by atoms with E-state index in [1.165, 1.54) is 18.4 Å². The summed E-state index contributed by atoms with van der Waals surface area (Å²) < 4.78 is 1.89. The maximum Gasteiger partial charge on any atom is 0.137 e. The number of nitrogens with zero attached hydrogens (tertiary/aromatic N) is 4. The first kappa shape index (κ1) is 15.2. The molecule has 22 heavy (non-hydrogen) atoms. The molecule has 0 aromatic carbocycles. The van der Waals surface area contributed by atoms with Gasteiger partial charge in [0, 0.05) is 31.7 Å². The minimum Gasteiger partial charge on any atom is -0.393 e. The fraction of sp³-hybridized carbons (Fsp3) is 0.529. The van der Waals surface area contributed by atoms with Gasteiger partial charge >= 0.3 is 0 Å². The Kier molecular flexibility index (Phi) is 4.85. The number of rotatable bonds is 5. The lowest BCUT2D eigenvalue weighted by Gasteiger charge is -2.31. The van der Waals surface area contributed by atoms with Gasteiger partial charge in [0.1, 0.15) is 12.1 Å². The second-order valence-electron chi connectivity index (χ2n) is 6.30. The molecule has 0 bridgehead atoms. The number of aliphatic hydroxyl groups is 1. The van der Waals surface area contributed by atoms with Crippen molar-refractivity contribution in [2.24, 2.45) is 5.92 Å². The molecule has 0 saturated heterocycles. The number of hydrogen-bond donors (Lipinski definition) is 1. The van der Waals surface area contributed by atoms with Crippen LogP contribution in [0.4, 0.5) is 0 Å². The van der Waals surface area contributed by atoms with Crippen molar-refractivity contribution >= 4 is 0 Å². The molecular formula is C17H24N4O. The highest BCUT2D eigenvalue weighted by Gasteiger charge is 2.24. The number of hydrogen-bond acceptors (Lipinski definition) is 4. The summed E-state index contributed by atoms with van der Waals surface area (Å²) in [6, 6.07) is 4.12. The largest absolute Gasteiger partial charge is 0.393 e. The summed E-state index contributed by atoms with van der Waals surface area (Å²) in [5, 5.41) is 10.1. The van der Waals surface area contributed by atoms with Gasteiger partial charge in [0.05, 0.1) is 6.10 Å². The van der Waals surface area contributed by atoms with Crippen LogP contribution < -0.4 is 0 Å². The van der Waals surface area contributed by atoms with Crippen LogP contribution in [-0.2, 0) is 6.54 Å². The molecule has 2 aromatic heterocycles. The molecule has 1 N–H and O–H groups in total. The van der Waals surface area contributed by atoms with Crippen molar-refractivity contribution in [2.75, 3.05) is 13.6 Å². The Balaban J connectivity index is 1.56. The first-order valence-corrected chi connectivity index (χ1v) is 8.02. The van der Waals surface area contributed by atoms with E-state index >= 15 is 0 Å². The highest BCUT2D eigenvalue weighted by Crippen LogP contribution is 2.25. The SMILES string of the molecule is CN(Cc1ccc(-n2ccnc2)nc1)CC1CCCCC1O. The zero-order chi connectivity index (χ0) is 15.4. The zero-order valence-electron chi connectivity index (χ0n) is 13.1. The predicted octanol–water partition coefficient (Wildman–Crippen LogP) is 2.25. The van der Waals surface area contributed by atoms with Crippen molar-refractivity contribution in [3.8, 4) is 5.82 Å². The van der Waals surface area contributed by atoms with Gasteiger partial charge in [0.15, 0.2) is 0 Å². The summed E-state index contributed by atoms with van der Waals surface area (Å²) in [6.07, 6.45) is 11.7. The minimum absolute atomic E-state index is 0.127. The molecule has 5 nitrogen and oxygen atoms in total. The van der Waals surface area contributed by atoms with Gasteiger partial charge in [-0.25, -0.2) is 9.97 Å². The minimum atomic E-state index is -0.127. The molecule has 2 atom stereocenters. The monoisotopic (exact) mass is 300 g/mol. The van der Waals surface area contributed by atoms with Crippen LogP contribution in [0.25, 0.3) is 5.82 Å². The average Bonchev–Trinajstić information content (AvgIpc) is 3.05. The topological polar surface area (TPSA) is 54.2 Å². The molecule has 3 rings (SSSR count). The van der Waals surface area contributed by atoms with E-state index in [9.17, 15) is 5.11 Å². The molecule has 1 aliphatic rings. The molecule has 2 unspecified atom stereocenters. The molecule has 5 heteroatoms. The third-order valence-electron chi connectivity index (χ3n) is 4.45. The molecular weight excluding hydrogens is 276 g/mol. The van der Waals surface area contributed by atoms with Crippen LogP contribution in [0.5, 0.6) is 0 Å². The van der Waals surface area contributed by atoms with E-state index in [1.807, 2.05) is 23.0 Å². The number of aliphatic hydroxyl groups excluding tert-OH is 1. The Morgan fingerprint density at radius 2 is 2.18 bits per heavy atom. The number of imidazole rings is 1. The zero-order valence-corrected chi connectivity index (χ0v) is 13.1. The van der Waals surface area contributed by atoms with E-state index in [0.29, 0.717) is 5.92 Å². The Labute approximate surface area is 131 Å². The number of aromatic nitrogens is 3. The summed E-state index contributed by atoms with van der Waals surface area (Å²) in [7, 11) is 2.12. The lowest BCUT2D eigenvalue weighted by molar-refractivity contribution is 0.0501. The van der Waals surface area contributed by atoms with E-state index in [4.69, 9.17) is 0 Å². The molecule has 1 aliphatic carbocycles. The van der Waals surface area contributed by atoms with Crippen molar-refractivity contribution in [1.82, 2.24) is 19.4 Å². The first-order valence-electron chi connectivity index (χ1n) is 8.02. The van der Waals surface area contributed by atoms with Crippen LogP contribution in [0, 0.1) is 5.92 Å². The van der Waals surface area contributed by atoms with Gasteiger partial charge < -0.3 is 10.0 Å². The van der Waals surface area contributed by atoms with Crippen LogP contribution in [0.1, 0.15) is 31.2 Å². The van der Waals surface area contributed by atoms with Crippen LogP contribution in [0.15, 0.2) is 37.1 Å². The first-order chi connectivity index (χ1) is 10.7. The Hall–Kier alpha value is -1.72. The van der Waals surface area contributed by atoms with Crippen molar-refractivity contribution in [3.63, 3.8) is 0 Å². The quantitative estimate of drug-likeness (QED) is 0.920. The lowest BCUT2D eigenvalue weighted by Crippen LogP contribution is -2.34. The summed E-state index contributed by atoms with van der Waals surface area (Å²) in [6.45, 7) is 1.81. The normalized spacial score (nSPS) is 22.1. The summed E-state index contributed by atoms with van der Waals surface area (Å²) in [5.41, 5.74) is 1.19.